The summed E-state index contributed by atoms with van der Waals surface area (Å²) >= 11 is 0. The normalized spacial score (nSPS) is 11.5. The number of carbonyl (C=O) groups is 2. The highest BCUT2D eigenvalue weighted by atomic mass is 19.1. The van der Waals surface area contributed by atoms with Gasteiger partial charge in [0.05, 0.1) is 5.69 Å². The summed E-state index contributed by atoms with van der Waals surface area (Å²) in [6, 6.07) is 4.01. The van der Waals surface area contributed by atoms with E-state index in [0.29, 0.717) is 13.0 Å². The highest BCUT2D eigenvalue weighted by Crippen LogP contribution is 2.17. The molecule has 0 aliphatic carbocycles. The first-order valence-corrected chi connectivity index (χ1v) is 8.37. The van der Waals surface area contributed by atoms with Gasteiger partial charge < -0.3 is 16.4 Å². The van der Waals surface area contributed by atoms with Gasteiger partial charge in [0.1, 0.15) is 5.82 Å². The molecule has 6 heteroatoms. The first kappa shape index (κ1) is 20.1. The third-order valence-electron chi connectivity index (χ3n) is 4.11. The molecule has 24 heavy (non-hydrogen) atoms. The zero-order chi connectivity index (χ0) is 18.3. The first-order valence-electron chi connectivity index (χ1n) is 8.37. The van der Waals surface area contributed by atoms with Crippen LogP contribution in [0.15, 0.2) is 18.2 Å². The van der Waals surface area contributed by atoms with E-state index in [-0.39, 0.29) is 29.0 Å². The van der Waals surface area contributed by atoms with Crippen molar-refractivity contribution in [2.75, 3.05) is 11.9 Å². The topological polar surface area (TPSA) is 84.2 Å². The molecule has 0 aromatic heterocycles. The second kappa shape index (κ2) is 8.78. The van der Waals surface area contributed by atoms with Gasteiger partial charge in [0.2, 0.25) is 5.91 Å². The Morgan fingerprint density at radius 1 is 1.25 bits per heavy atom. The largest absolute Gasteiger partial charge is 0.350 e. The maximum Gasteiger partial charge on any atom is 0.251 e. The molecule has 0 unspecified atom stereocenters. The number of carbonyl (C=O) groups excluding carboxylic acids is 2. The van der Waals surface area contributed by atoms with Crippen LogP contribution in [0.4, 0.5) is 10.1 Å². The monoisotopic (exact) mass is 337 g/mol. The predicted molar refractivity (Wildman–Crippen MR) is 94.3 cm³/mol. The number of rotatable bonds is 8. The number of benzene rings is 1. The van der Waals surface area contributed by atoms with E-state index in [0.717, 1.165) is 18.9 Å². The minimum atomic E-state index is -0.634. The van der Waals surface area contributed by atoms with Gasteiger partial charge in [-0.3, -0.25) is 9.59 Å². The lowest BCUT2D eigenvalue weighted by Gasteiger charge is -2.26. The quantitative estimate of drug-likeness (QED) is 0.681. The second-order valence-corrected chi connectivity index (χ2v) is 6.59. The summed E-state index contributed by atoms with van der Waals surface area (Å²) < 4.78 is 14.1. The minimum absolute atomic E-state index is 0.0764. The van der Waals surface area contributed by atoms with Crippen LogP contribution in [0.5, 0.6) is 0 Å². The summed E-state index contributed by atoms with van der Waals surface area (Å²) in [5.74, 6) is -1.08. The minimum Gasteiger partial charge on any atom is -0.350 e. The van der Waals surface area contributed by atoms with Gasteiger partial charge in [-0.25, -0.2) is 4.39 Å². The lowest BCUT2D eigenvalue weighted by molar-refractivity contribution is -0.116. The van der Waals surface area contributed by atoms with Crippen LogP contribution < -0.4 is 16.4 Å². The van der Waals surface area contributed by atoms with Gasteiger partial charge in [-0.15, -0.1) is 0 Å². The van der Waals surface area contributed by atoms with Gasteiger partial charge in [0, 0.05) is 24.1 Å². The molecular formula is C18H28FN3O2. The number of nitrogens with one attached hydrogen (secondary N) is 2. The Bertz CT molecular complexity index is 584. The molecule has 0 aliphatic heterocycles. The van der Waals surface area contributed by atoms with Crippen LogP contribution in [0, 0.1) is 11.7 Å². The Balaban J connectivity index is 2.73. The molecular weight excluding hydrogens is 309 g/mol. The Kier molecular flexibility index (Phi) is 7.35. The van der Waals surface area contributed by atoms with Gasteiger partial charge in [-0.05, 0) is 37.0 Å². The molecule has 1 aromatic carbocycles. The van der Waals surface area contributed by atoms with Gasteiger partial charge in [0.25, 0.3) is 5.91 Å². The molecule has 0 radical (unpaired) electrons. The molecule has 4 N–H and O–H groups in total. The molecule has 0 aliphatic rings. The van der Waals surface area contributed by atoms with Gasteiger partial charge in [-0.2, -0.15) is 0 Å². The maximum absolute atomic E-state index is 14.1. The van der Waals surface area contributed by atoms with Crippen LogP contribution in [0.1, 0.15) is 57.3 Å². The lowest BCUT2D eigenvalue weighted by Crippen LogP contribution is -2.49. The first-order chi connectivity index (χ1) is 11.2. The van der Waals surface area contributed by atoms with Crippen LogP contribution in [-0.2, 0) is 4.79 Å². The average Bonchev–Trinajstić information content (AvgIpc) is 2.53. The van der Waals surface area contributed by atoms with Crippen molar-refractivity contribution in [2.24, 2.45) is 11.7 Å². The summed E-state index contributed by atoms with van der Waals surface area (Å²) in [4.78, 5) is 23.8. The number of amides is 2. The van der Waals surface area contributed by atoms with Crippen molar-refractivity contribution in [1.82, 2.24) is 5.32 Å². The lowest BCUT2D eigenvalue weighted by atomic mass is 9.94. The summed E-state index contributed by atoms with van der Waals surface area (Å²) in [6.45, 7) is 8.07. The fourth-order valence-electron chi connectivity index (χ4n) is 2.19. The van der Waals surface area contributed by atoms with Crippen molar-refractivity contribution < 1.29 is 14.0 Å². The predicted octanol–water partition coefficient (Wildman–Crippen LogP) is 3.06. The molecule has 134 valence electrons. The highest BCUT2D eigenvalue weighted by Gasteiger charge is 2.21. The zero-order valence-electron chi connectivity index (χ0n) is 14.9. The number of nitrogens with two attached hydrogens (primary N) is 1. The van der Waals surface area contributed by atoms with E-state index < -0.39 is 11.4 Å². The van der Waals surface area contributed by atoms with E-state index in [1.54, 1.807) is 0 Å². The molecule has 0 saturated carbocycles. The van der Waals surface area contributed by atoms with Crippen LogP contribution in [0.3, 0.4) is 0 Å². The van der Waals surface area contributed by atoms with E-state index in [1.165, 1.54) is 12.1 Å². The van der Waals surface area contributed by atoms with Crippen molar-refractivity contribution in [1.29, 1.82) is 0 Å². The standard InChI is InChI=1S/C18H28FN3O2/c1-5-18(20,6-2)11-21-17(24)13-7-8-15(14(19)10-13)22-16(23)9-12(3)4/h7-8,10,12H,5-6,9,11,20H2,1-4H3,(H,21,24)(H,22,23). The summed E-state index contributed by atoms with van der Waals surface area (Å²) in [6.07, 6.45) is 1.78. The molecule has 2 amide bonds. The van der Waals surface area contributed by atoms with Crippen LogP contribution in [0.2, 0.25) is 0 Å². The molecule has 1 rings (SSSR count). The molecule has 0 bridgehead atoms. The third-order valence-corrected chi connectivity index (χ3v) is 4.11. The van der Waals surface area contributed by atoms with Crippen molar-refractivity contribution in [3.63, 3.8) is 0 Å². The van der Waals surface area contributed by atoms with Crippen molar-refractivity contribution >= 4 is 17.5 Å². The van der Waals surface area contributed by atoms with Crippen LogP contribution in [0.25, 0.3) is 0 Å². The highest BCUT2D eigenvalue weighted by molar-refractivity contribution is 5.96. The maximum atomic E-state index is 14.1. The van der Waals surface area contributed by atoms with Gasteiger partial charge in [-0.1, -0.05) is 27.7 Å². The van der Waals surface area contributed by atoms with E-state index in [4.69, 9.17) is 5.73 Å². The van der Waals surface area contributed by atoms with E-state index >= 15 is 0 Å². The summed E-state index contributed by atoms with van der Waals surface area (Å²) in [5, 5.41) is 5.25. The van der Waals surface area contributed by atoms with Crippen molar-refractivity contribution in [2.45, 2.75) is 52.5 Å². The Morgan fingerprint density at radius 3 is 2.38 bits per heavy atom. The van der Waals surface area contributed by atoms with Crippen molar-refractivity contribution in [3.05, 3.63) is 29.6 Å². The molecule has 0 spiro atoms. The molecule has 0 heterocycles. The van der Waals surface area contributed by atoms with E-state index in [1.807, 2.05) is 27.7 Å². The van der Waals surface area contributed by atoms with E-state index in [9.17, 15) is 14.0 Å². The summed E-state index contributed by atoms with van der Waals surface area (Å²) in [7, 11) is 0. The average molecular weight is 337 g/mol. The summed E-state index contributed by atoms with van der Waals surface area (Å²) in [5.41, 5.74) is 5.95. The van der Waals surface area contributed by atoms with E-state index in [2.05, 4.69) is 10.6 Å². The number of anilines is 1. The number of hydrogen-bond acceptors (Lipinski definition) is 3. The Labute approximate surface area is 143 Å². The van der Waals surface area contributed by atoms with Gasteiger partial charge in [0.15, 0.2) is 0 Å². The molecule has 0 atom stereocenters. The smallest absolute Gasteiger partial charge is 0.251 e. The number of hydrogen-bond donors (Lipinski definition) is 3. The number of halogens is 1. The van der Waals surface area contributed by atoms with Crippen LogP contribution in [-0.4, -0.2) is 23.9 Å². The third kappa shape index (κ3) is 5.92. The molecule has 1 aromatic rings. The molecule has 0 saturated heterocycles. The van der Waals surface area contributed by atoms with Crippen LogP contribution >= 0.6 is 0 Å². The Hall–Kier alpha value is -1.95. The Morgan fingerprint density at radius 2 is 1.88 bits per heavy atom. The fraction of sp³-hybridized carbons (Fsp3) is 0.556. The second-order valence-electron chi connectivity index (χ2n) is 6.59. The van der Waals surface area contributed by atoms with Gasteiger partial charge >= 0.3 is 0 Å². The SMILES string of the molecule is CCC(N)(CC)CNC(=O)c1ccc(NC(=O)CC(C)C)c(F)c1. The van der Waals surface area contributed by atoms with Crippen molar-refractivity contribution in [3.8, 4) is 0 Å². The molecule has 5 nitrogen and oxygen atoms in total. The fourth-order valence-corrected chi connectivity index (χ4v) is 2.19. The molecule has 0 fully saturated rings. The zero-order valence-corrected chi connectivity index (χ0v) is 14.9.